The van der Waals surface area contributed by atoms with Gasteiger partial charge in [-0.1, -0.05) is 6.92 Å². The Morgan fingerprint density at radius 1 is 1.28 bits per heavy atom. The molecule has 1 aliphatic heterocycles. The Hall–Kier alpha value is -1.26. The highest BCUT2D eigenvalue weighted by Gasteiger charge is 2.37. The second-order valence-electron chi connectivity index (χ2n) is 5.84. The number of methoxy groups -OCH3 is 1. The quantitative estimate of drug-likeness (QED) is 0.676. The fraction of sp³-hybridized carbons (Fsp3) is 0.846. The summed E-state index contributed by atoms with van der Waals surface area (Å²) in [5.74, 6) is 0.0418. The van der Waals surface area contributed by atoms with Crippen molar-refractivity contribution in [1.82, 2.24) is 4.90 Å². The van der Waals surface area contributed by atoms with E-state index < -0.39 is 17.7 Å². The summed E-state index contributed by atoms with van der Waals surface area (Å²) in [6, 6.07) is -0.520. The van der Waals surface area contributed by atoms with E-state index in [1.54, 1.807) is 0 Å². The number of carbonyl (C=O) groups excluding carboxylic acids is 2. The van der Waals surface area contributed by atoms with E-state index in [1.807, 2.05) is 20.8 Å². The van der Waals surface area contributed by atoms with Gasteiger partial charge in [-0.25, -0.2) is 9.59 Å². The molecule has 0 N–H and O–H groups in total. The van der Waals surface area contributed by atoms with Gasteiger partial charge in [-0.05, 0) is 39.5 Å². The smallest absolute Gasteiger partial charge is 0.411 e. The third-order valence-corrected chi connectivity index (χ3v) is 2.97. The van der Waals surface area contributed by atoms with Crippen molar-refractivity contribution in [3.05, 3.63) is 0 Å². The highest BCUT2D eigenvalue weighted by molar-refractivity contribution is 5.81. The van der Waals surface area contributed by atoms with Crippen LogP contribution in [0, 0.1) is 5.92 Å². The van der Waals surface area contributed by atoms with E-state index in [0.29, 0.717) is 18.9 Å². The van der Waals surface area contributed by atoms with Crippen LogP contribution in [0.4, 0.5) is 4.79 Å². The fourth-order valence-electron chi connectivity index (χ4n) is 2.04. The topological polar surface area (TPSA) is 55.8 Å². The Morgan fingerprint density at radius 3 is 2.39 bits per heavy atom. The molecule has 1 rings (SSSR count). The number of hydrogen-bond acceptors (Lipinski definition) is 4. The Balaban J connectivity index is 2.77. The Kier molecular flexibility index (Phi) is 4.59. The van der Waals surface area contributed by atoms with Crippen molar-refractivity contribution in [3.63, 3.8) is 0 Å². The van der Waals surface area contributed by atoms with Crippen LogP contribution >= 0.6 is 0 Å². The molecule has 104 valence electrons. The van der Waals surface area contributed by atoms with E-state index in [1.165, 1.54) is 12.0 Å². The summed E-state index contributed by atoms with van der Waals surface area (Å²) in [5, 5.41) is 0. The molecule has 0 aromatic heterocycles. The number of hydrogen-bond donors (Lipinski definition) is 0. The zero-order valence-electron chi connectivity index (χ0n) is 11.9. The molecule has 1 fully saturated rings. The van der Waals surface area contributed by atoms with Gasteiger partial charge in [0, 0.05) is 6.54 Å². The number of ether oxygens (including phenoxy) is 2. The lowest BCUT2D eigenvalue weighted by Gasteiger charge is -2.37. The largest absolute Gasteiger partial charge is 0.467 e. The van der Waals surface area contributed by atoms with Gasteiger partial charge in [-0.3, -0.25) is 4.90 Å². The van der Waals surface area contributed by atoms with Gasteiger partial charge < -0.3 is 9.47 Å². The number of amides is 1. The Bertz CT molecular complexity index is 321. The summed E-state index contributed by atoms with van der Waals surface area (Å²) in [6.45, 7) is 8.04. The second kappa shape index (κ2) is 5.59. The molecule has 2 atom stereocenters. The number of esters is 1. The zero-order valence-corrected chi connectivity index (χ0v) is 11.9. The van der Waals surface area contributed by atoms with Gasteiger partial charge in [-0.2, -0.15) is 0 Å². The summed E-state index contributed by atoms with van der Waals surface area (Å²) in [4.78, 5) is 25.3. The van der Waals surface area contributed by atoms with Crippen LogP contribution in [0.5, 0.6) is 0 Å². The number of carbonyl (C=O) groups is 2. The first-order chi connectivity index (χ1) is 8.24. The molecule has 0 saturated carbocycles. The monoisotopic (exact) mass is 257 g/mol. The zero-order chi connectivity index (χ0) is 13.9. The average Bonchev–Trinajstić information content (AvgIpc) is 2.25. The molecule has 1 saturated heterocycles. The molecule has 0 unspecified atom stereocenters. The highest BCUT2D eigenvalue weighted by atomic mass is 16.6. The van der Waals surface area contributed by atoms with E-state index in [4.69, 9.17) is 9.47 Å². The molecule has 0 aromatic rings. The molecular weight excluding hydrogens is 234 g/mol. The maximum absolute atomic E-state index is 12.0. The van der Waals surface area contributed by atoms with Crippen molar-refractivity contribution in [2.24, 2.45) is 5.92 Å². The standard InChI is InChI=1S/C13H23NO4/c1-9-6-7-14(10(8-9)11(15)17-5)12(16)18-13(2,3)4/h9-10H,6-8H2,1-5H3/t9-,10+/m0/s1. The average molecular weight is 257 g/mol. The number of piperidine rings is 1. The number of rotatable bonds is 1. The van der Waals surface area contributed by atoms with Crippen molar-refractivity contribution in [2.45, 2.75) is 52.2 Å². The first-order valence-electron chi connectivity index (χ1n) is 6.32. The molecule has 18 heavy (non-hydrogen) atoms. The summed E-state index contributed by atoms with van der Waals surface area (Å²) < 4.78 is 10.1. The van der Waals surface area contributed by atoms with E-state index >= 15 is 0 Å². The third-order valence-electron chi connectivity index (χ3n) is 2.97. The summed E-state index contributed by atoms with van der Waals surface area (Å²) in [6.07, 6.45) is 1.07. The van der Waals surface area contributed by atoms with Crippen molar-refractivity contribution < 1.29 is 19.1 Å². The molecule has 0 bridgehead atoms. The van der Waals surface area contributed by atoms with Crippen molar-refractivity contribution in [1.29, 1.82) is 0 Å². The van der Waals surface area contributed by atoms with Crippen LogP contribution in [-0.4, -0.2) is 42.3 Å². The predicted octanol–water partition coefficient (Wildman–Crippen LogP) is 2.20. The normalized spacial score (nSPS) is 24.6. The van der Waals surface area contributed by atoms with Gasteiger partial charge in [0.15, 0.2) is 0 Å². The van der Waals surface area contributed by atoms with Gasteiger partial charge in [-0.15, -0.1) is 0 Å². The van der Waals surface area contributed by atoms with Gasteiger partial charge >= 0.3 is 12.1 Å². The minimum absolute atomic E-state index is 0.368. The van der Waals surface area contributed by atoms with E-state index in [2.05, 4.69) is 6.92 Å². The maximum atomic E-state index is 12.0. The first-order valence-corrected chi connectivity index (χ1v) is 6.32. The minimum atomic E-state index is -0.555. The van der Waals surface area contributed by atoms with Crippen LogP contribution in [0.25, 0.3) is 0 Å². The minimum Gasteiger partial charge on any atom is -0.467 e. The Morgan fingerprint density at radius 2 is 1.89 bits per heavy atom. The lowest BCUT2D eigenvalue weighted by Crippen LogP contribution is -2.51. The molecule has 0 spiro atoms. The van der Waals surface area contributed by atoms with Crippen LogP contribution in [0.3, 0.4) is 0 Å². The van der Waals surface area contributed by atoms with Gasteiger partial charge in [0.25, 0.3) is 0 Å². The molecule has 0 aliphatic carbocycles. The van der Waals surface area contributed by atoms with Crippen LogP contribution in [0.2, 0.25) is 0 Å². The summed E-state index contributed by atoms with van der Waals surface area (Å²) in [5.41, 5.74) is -0.555. The SMILES string of the molecule is COC(=O)[C@H]1C[C@@H](C)CCN1C(=O)OC(C)(C)C. The molecule has 1 aliphatic rings. The maximum Gasteiger partial charge on any atom is 0.411 e. The summed E-state index contributed by atoms with van der Waals surface area (Å²) in [7, 11) is 1.34. The van der Waals surface area contributed by atoms with Crippen LogP contribution in [-0.2, 0) is 14.3 Å². The molecule has 5 nitrogen and oxygen atoms in total. The van der Waals surface area contributed by atoms with Crippen molar-refractivity contribution in [2.75, 3.05) is 13.7 Å². The predicted molar refractivity (Wildman–Crippen MR) is 67.1 cm³/mol. The van der Waals surface area contributed by atoms with Crippen LogP contribution in [0.15, 0.2) is 0 Å². The second-order valence-corrected chi connectivity index (χ2v) is 5.84. The van der Waals surface area contributed by atoms with Crippen molar-refractivity contribution >= 4 is 12.1 Å². The highest BCUT2D eigenvalue weighted by Crippen LogP contribution is 2.25. The number of nitrogens with zero attached hydrogens (tertiary/aromatic N) is 1. The van der Waals surface area contributed by atoms with Gasteiger partial charge in [0.05, 0.1) is 7.11 Å². The molecule has 0 radical (unpaired) electrons. The molecule has 0 aromatic carbocycles. The van der Waals surface area contributed by atoms with Gasteiger partial charge in [0.1, 0.15) is 11.6 Å². The molecule has 5 heteroatoms. The fourth-order valence-corrected chi connectivity index (χ4v) is 2.04. The lowest BCUT2D eigenvalue weighted by atomic mass is 9.93. The number of likely N-dealkylation sites (tertiary alicyclic amines) is 1. The van der Waals surface area contributed by atoms with E-state index in [9.17, 15) is 9.59 Å². The molecule has 1 amide bonds. The third kappa shape index (κ3) is 3.89. The van der Waals surface area contributed by atoms with Crippen LogP contribution in [0.1, 0.15) is 40.5 Å². The summed E-state index contributed by atoms with van der Waals surface area (Å²) >= 11 is 0. The van der Waals surface area contributed by atoms with Crippen LogP contribution < -0.4 is 0 Å². The molecular formula is C13H23NO4. The lowest BCUT2D eigenvalue weighted by molar-refractivity contribution is -0.148. The van der Waals surface area contributed by atoms with Crippen molar-refractivity contribution in [3.8, 4) is 0 Å². The van der Waals surface area contributed by atoms with Gasteiger partial charge in [0.2, 0.25) is 0 Å². The first kappa shape index (κ1) is 14.8. The van der Waals surface area contributed by atoms with E-state index in [0.717, 1.165) is 6.42 Å². The molecule has 1 heterocycles. The van der Waals surface area contributed by atoms with E-state index in [-0.39, 0.29) is 5.97 Å². The Labute approximate surface area is 108 Å².